The molecule has 1 saturated heterocycles. The Labute approximate surface area is 203 Å². The molecule has 2 heterocycles. The highest BCUT2D eigenvalue weighted by molar-refractivity contribution is 7.89. The van der Waals surface area contributed by atoms with Crippen molar-refractivity contribution in [2.45, 2.75) is 23.8 Å². The van der Waals surface area contributed by atoms with Crippen LogP contribution in [0.15, 0.2) is 59.5 Å². The van der Waals surface area contributed by atoms with E-state index in [1.54, 1.807) is 30.3 Å². The van der Waals surface area contributed by atoms with Gasteiger partial charge < -0.3 is 25.5 Å². The average Bonchev–Trinajstić information content (AvgIpc) is 3.31. The van der Waals surface area contributed by atoms with Gasteiger partial charge in [-0.2, -0.15) is 4.72 Å². The van der Waals surface area contributed by atoms with Crippen LogP contribution in [0.25, 0.3) is 10.9 Å². The quantitative estimate of drug-likeness (QED) is 0.255. The molecule has 1 aromatic heterocycles. The molecule has 0 radical (unpaired) electrons. The van der Waals surface area contributed by atoms with Gasteiger partial charge in [-0.05, 0) is 68.2 Å². The third kappa shape index (κ3) is 6.25. The smallest absolute Gasteiger partial charge is 0.362 e. The van der Waals surface area contributed by atoms with Gasteiger partial charge in [-0.25, -0.2) is 18.0 Å². The molecule has 0 spiro atoms. The molecule has 0 unspecified atom stereocenters. The van der Waals surface area contributed by atoms with E-state index >= 15 is 0 Å². The molecular formula is C24H28N4O6S. The zero-order valence-electron chi connectivity index (χ0n) is 19.0. The second kappa shape index (κ2) is 11.0. The molecule has 1 aliphatic heterocycles. The van der Waals surface area contributed by atoms with Gasteiger partial charge in [0, 0.05) is 17.4 Å². The molecular weight excluding hydrogens is 472 g/mol. The number of aromatic amines is 1. The standard InChI is InChI=1S/C24H28N4O6S/c25-14-22(28-35(31,32)19-4-2-1-3-5-19)24(30)34-23(29)21-13-17-12-18(6-7-20(17)27-21)33-15-16-8-10-26-11-9-16/h1-7,12-13,16,22,26-28H,8-11,14-15,25H2/t22-/m0/s1. The van der Waals surface area contributed by atoms with Crippen LogP contribution < -0.4 is 20.5 Å². The molecule has 1 fully saturated rings. The second-order valence-electron chi connectivity index (χ2n) is 8.37. The van der Waals surface area contributed by atoms with E-state index in [4.69, 9.17) is 15.2 Å². The van der Waals surface area contributed by atoms with Crippen molar-refractivity contribution in [2.75, 3.05) is 26.2 Å². The van der Waals surface area contributed by atoms with Crippen molar-refractivity contribution in [2.24, 2.45) is 11.7 Å². The van der Waals surface area contributed by atoms with Gasteiger partial charge in [0.05, 0.1) is 11.5 Å². The fraction of sp³-hybridized carbons (Fsp3) is 0.333. The van der Waals surface area contributed by atoms with E-state index < -0.39 is 28.0 Å². The number of sulfonamides is 1. The minimum Gasteiger partial charge on any atom is -0.493 e. The zero-order chi connectivity index (χ0) is 24.8. The van der Waals surface area contributed by atoms with Crippen LogP contribution in [0, 0.1) is 5.92 Å². The van der Waals surface area contributed by atoms with E-state index in [2.05, 4.69) is 15.0 Å². The summed E-state index contributed by atoms with van der Waals surface area (Å²) >= 11 is 0. The number of H-pyrrole nitrogens is 1. The maximum atomic E-state index is 12.6. The highest BCUT2D eigenvalue weighted by Crippen LogP contribution is 2.23. The summed E-state index contributed by atoms with van der Waals surface area (Å²) in [5.74, 6) is -0.851. The molecule has 4 rings (SSSR count). The number of nitrogens with two attached hydrogens (primary N) is 1. The Hall–Kier alpha value is -3.25. The first-order chi connectivity index (χ1) is 16.9. The Morgan fingerprint density at radius 1 is 1.09 bits per heavy atom. The van der Waals surface area contributed by atoms with E-state index in [0.29, 0.717) is 29.2 Å². The molecule has 0 bridgehead atoms. The van der Waals surface area contributed by atoms with E-state index in [9.17, 15) is 18.0 Å². The lowest BCUT2D eigenvalue weighted by atomic mass is 9.99. The largest absolute Gasteiger partial charge is 0.493 e. The lowest BCUT2D eigenvalue weighted by Crippen LogP contribution is -2.47. The zero-order valence-corrected chi connectivity index (χ0v) is 19.8. The summed E-state index contributed by atoms with van der Waals surface area (Å²) in [5, 5.41) is 4.04. The minimum atomic E-state index is -4.02. The lowest BCUT2D eigenvalue weighted by Gasteiger charge is -2.22. The van der Waals surface area contributed by atoms with Gasteiger partial charge in [0.25, 0.3) is 0 Å². The molecule has 0 saturated carbocycles. The van der Waals surface area contributed by atoms with Crippen molar-refractivity contribution in [3.63, 3.8) is 0 Å². The first-order valence-corrected chi connectivity index (χ1v) is 12.8. The summed E-state index contributed by atoms with van der Waals surface area (Å²) < 4.78 is 38.0. The van der Waals surface area contributed by atoms with Crippen LogP contribution >= 0.6 is 0 Å². The van der Waals surface area contributed by atoms with Crippen LogP contribution in [-0.4, -0.2) is 57.6 Å². The van der Waals surface area contributed by atoms with Gasteiger partial charge in [0.15, 0.2) is 0 Å². The lowest BCUT2D eigenvalue weighted by molar-refractivity contribution is -0.139. The number of esters is 2. The Morgan fingerprint density at radius 2 is 1.83 bits per heavy atom. The molecule has 186 valence electrons. The normalized spacial score (nSPS) is 15.6. The van der Waals surface area contributed by atoms with Crippen LogP contribution in [0.5, 0.6) is 5.75 Å². The fourth-order valence-corrected chi connectivity index (χ4v) is 5.06. The summed E-state index contributed by atoms with van der Waals surface area (Å²) in [6, 6.07) is 13.0. The highest BCUT2D eigenvalue weighted by Gasteiger charge is 2.28. The molecule has 0 aliphatic carbocycles. The minimum absolute atomic E-state index is 0.0358. The highest BCUT2D eigenvalue weighted by atomic mass is 32.2. The van der Waals surface area contributed by atoms with Gasteiger partial charge in [-0.3, -0.25) is 0 Å². The van der Waals surface area contributed by atoms with Crippen molar-refractivity contribution >= 4 is 32.9 Å². The van der Waals surface area contributed by atoms with Crippen molar-refractivity contribution in [3.05, 3.63) is 60.3 Å². The van der Waals surface area contributed by atoms with Crippen LogP contribution in [0.3, 0.4) is 0 Å². The Balaban J connectivity index is 1.39. The number of rotatable bonds is 9. The molecule has 1 aliphatic rings. The van der Waals surface area contributed by atoms with Crippen molar-refractivity contribution in [1.29, 1.82) is 0 Å². The number of hydrogen-bond donors (Lipinski definition) is 4. The SMILES string of the molecule is NC[C@H](NS(=O)(=O)c1ccccc1)C(=O)OC(=O)c1cc2cc(OCC3CCNCC3)ccc2[nH]1. The average molecular weight is 501 g/mol. The van der Waals surface area contributed by atoms with E-state index in [-0.39, 0.29) is 17.1 Å². The van der Waals surface area contributed by atoms with E-state index in [1.165, 1.54) is 12.1 Å². The first kappa shape index (κ1) is 24.9. The topological polar surface area (TPSA) is 153 Å². The fourth-order valence-electron chi connectivity index (χ4n) is 3.84. The number of fused-ring (bicyclic) bond motifs is 1. The van der Waals surface area contributed by atoms with Crippen LogP contribution in [0.1, 0.15) is 23.3 Å². The molecule has 5 N–H and O–H groups in total. The summed E-state index contributed by atoms with van der Waals surface area (Å²) in [5.41, 5.74) is 6.28. The predicted octanol–water partition coefficient (Wildman–Crippen LogP) is 1.54. The van der Waals surface area contributed by atoms with Gasteiger partial charge in [0.1, 0.15) is 17.5 Å². The number of nitrogens with one attached hydrogen (secondary N) is 3. The first-order valence-electron chi connectivity index (χ1n) is 11.4. The van der Waals surface area contributed by atoms with Gasteiger partial charge in [0.2, 0.25) is 10.0 Å². The molecule has 35 heavy (non-hydrogen) atoms. The number of piperidine rings is 1. The Bertz CT molecular complexity index is 1290. The third-order valence-electron chi connectivity index (χ3n) is 5.82. The van der Waals surface area contributed by atoms with Gasteiger partial charge in [-0.15, -0.1) is 0 Å². The van der Waals surface area contributed by atoms with Crippen LogP contribution in [0.4, 0.5) is 0 Å². The summed E-state index contributed by atoms with van der Waals surface area (Å²) in [7, 11) is -4.02. The van der Waals surface area contributed by atoms with Crippen molar-refractivity contribution < 1.29 is 27.5 Å². The number of carbonyl (C=O) groups excluding carboxylic acids is 2. The van der Waals surface area contributed by atoms with Crippen molar-refractivity contribution in [3.8, 4) is 5.75 Å². The van der Waals surface area contributed by atoms with Crippen LogP contribution in [-0.2, 0) is 19.6 Å². The molecule has 11 heteroatoms. The number of aromatic nitrogens is 1. The Kier molecular flexibility index (Phi) is 7.81. The number of carbonyl (C=O) groups is 2. The van der Waals surface area contributed by atoms with Crippen molar-refractivity contribution in [1.82, 2.24) is 15.0 Å². The van der Waals surface area contributed by atoms with Crippen LogP contribution in [0.2, 0.25) is 0 Å². The summed E-state index contributed by atoms with van der Waals surface area (Å²) in [4.78, 5) is 27.9. The monoisotopic (exact) mass is 500 g/mol. The number of ether oxygens (including phenoxy) is 2. The molecule has 3 aromatic rings. The summed E-state index contributed by atoms with van der Waals surface area (Å²) in [6.07, 6.45) is 2.14. The maximum absolute atomic E-state index is 12.6. The summed E-state index contributed by atoms with van der Waals surface area (Å²) in [6.45, 7) is 2.23. The number of benzene rings is 2. The second-order valence-corrected chi connectivity index (χ2v) is 10.1. The van der Waals surface area contributed by atoms with Gasteiger partial charge >= 0.3 is 11.9 Å². The van der Waals surface area contributed by atoms with E-state index in [0.717, 1.165) is 25.9 Å². The Morgan fingerprint density at radius 3 is 2.54 bits per heavy atom. The maximum Gasteiger partial charge on any atom is 0.362 e. The van der Waals surface area contributed by atoms with Gasteiger partial charge in [-0.1, -0.05) is 18.2 Å². The molecule has 0 amide bonds. The third-order valence-corrected chi connectivity index (χ3v) is 7.31. The number of hydrogen-bond acceptors (Lipinski definition) is 8. The predicted molar refractivity (Wildman–Crippen MR) is 129 cm³/mol. The molecule has 10 nitrogen and oxygen atoms in total. The van der Waals surface area contributed by atoms with E-state index in [1.807, 2.05) is 12.1 Å². The molecule has 1 atom stereocenters. The molecule has 2 aromatic carbocycles.